The van der Waals surface area contributed by atoms with Gasteiger partial charge in [0.1, 0.15) is 0 Å². The lowest BCUT2D eigenvalue weighted by atomic mass is 9.80. The SMILES string of the molecule is C=CC(=O)Nc1ccc(B(O)O)cc1.CC. The van der Waals surface area contributed by atoms with Gasteiger partial charge in [0.15, 0.2) is 0 Å². The predicted molar refractivity (Wildman–Crippen MR) is 66.4 cm³/mol. The van der Waals surface area contributed by atoms with Crippen molar-refractivity contribution in [3.63, 3.8) is 0 Å². The number of hydrogen-bond donors (Lipinski definition) is 3. The van der Waals surface area contributed by atoms with Crippen LogP contribution in [0.1, 0.15) is 13.8 Å². The highest BCUT2D eigenvalue weighted by molar-refractivity contribution is 6.58. The first-order valence-electron chi connectivity index (χ1n) is 5.03. The van der Waals surface area contributed by atoms with Crippen molar-refractivity contribution in [1.82, 2.24) is 0 Å². The molecule has 1 aromatic rings. The minimum absolute atomic E-state index is 0.303. The molecule has 0 aliphatic carbocycles. The van der Waals surface area contributed by atoms with Crippen molar-refractivity contribution < 1.29 is 14.8 Å². The van der Waals surface area contributed by atoms with Crippen LogP contribution in [0.15, 0.2) is 36.9 Å². The van der Waals surface area contributed by atoms with Crippen molar-refractivity contribution in [3.05, 3.63) is 36.9 Å². The third kappa shape index (κ3) is 4.77. The maximum atomic E-state index is 10.9. The van der Waals surface area contributed by atoms with Crippen molar-refractivity contribution in [1.29, 1.82) is 0 Å². The summed E-state index contributed by atoms with van der Waals surface area (Å²) in [5, 5.41) is 20.1. The summed E-state index contributed by atoms with van der Waals surface area (Å²) in [5.74, 6) is -0.303. The molecule has 0 unspecified atom stereocenters. The van der Waals surface area contributed by atoms with Gasteiger partial charge in [-0.2, -0.15) is 0 Å². The summed E-state index contributed by atoms with van der Waals surface area (Å²) >= 11 is 0. The van der Waals surface area contributed by atoms with Crippen molar-refractivity contribution in [2.45, 2.75) is 13.8 Å². The molecule has 0 atom stereocenters. The number of hydrogen-bond acceptors (Lipinski definition) is 3. The number of anilines is 1. The molecule has 1 aromatic carbocycles. The Kier molecular flexibility index (Phi) is 6.91. The molecule has 0 radical (unpaired) electrons. The molecular weight excluding hydrogens is 205 g/mol. The lowest BCUT2D eigenvalue weighted by Gasteiger charge is -2.03. The Balaban J connectivity index is 0.00000106. The summed E-state index contributed by atoms with van der Waals surface area (Å²) in [6.07, 6.45) is 1.16. The average Bonchev–Trinajstić information content (AvgIpc) is 2.32. The van der Waals surface area contributed by atoms with Crippen LogP contribution in [0.4, 0.5) is 5.69 Å². The summed E-state index contributed by atoms with van der Waals surface area (Å²) in [6, 6.07) is 6.19. The van der Waals surface area contributed by atoms with Crippen LogP contribution in [0.5, 0.6) is 0 Å². The molecule has 0 aromatic heterocycles. The van der Waals surface area contributed by atoms with Gasteiger partial charge in [0, 0.05) is 5.69 Å². The number of nitrogens with one attached hydrogen (secondary N) is 1. The molecule has 0 spiro atoms. The smallest absolute Gasteiger partial charge is 0.423 e. The maximum Gasteiger partial charge on any atom is 0.488 e. The Morgan fingerprint density at radius 3 is 2.19 bits per heavy atom. The third-order valence-electron chi connectivity index (χ3n) is 1.66. The summed E-state index contributed by atoms with van der Waals surface area (Å²) in [5.41, 5.74) is 0.959. The zero-order valence-electron chi connectivity index (χ0n) is 9.47. The lowest BCUT2D eigenvalue weighted by Crippen LogP contribution is -2.29. The fraction of sp³-hybridized carbons (Fsp3) is 0.182. The molecule has 1 rings (SSSR count). The Hall–Kier alpha value is -1.59. The fourth-order valence-corrected chi connectivity index (χ4v) is 0.932. The first-order chi connectivity index (χ1) is 7.63. The van der Waals surface area contributed by atoms with E-state index in [1.165, 1.54) is 12.1 Å². The topological polar surface area (TPSA) is 69.6 Å². The fourth-order valence-electron chi connectivity index (χ4n) is 0.932. The summed E-state index contributed by atoms with van der Waals surface area (Å²) < 4.78 is 0. The summed E-state index contributed by atoms with van der Waals surface area (Å²) in [6.45, 7) is 7.31. The minimum atomic E-state index is -1.49. The van der Waals surface area contributed by atoms with E-state index in [-0.39, 0.29) is 5.91 Å². The van der Waals surface area contributed by atoms with Gasteiger partial charge in [-0.1, -0.05) is 32.6 Å². The van der Waals surface area contributed by atoms with E-state index in [0.29, 0.717) is 11.2 Å². The highest BCUT2D eigenvalue weighted by Gasteiger charge is 2.09. The Morgan fingerprint density at radius 1 is 1.31 bits per heavy atom. The van der Waals surface area contributed by atoms with E-state index in [9.17, 15) is 4.79 Å². The van der Waals surface area contributed by atoms with Crippen LogP contribution < -0.4 is 10.8 Å². The van der Waals surface area contributed by atoms with E-state index in [4.69, 9.17) is 10.0 Å². The van der Waals surface area contributed by atoms with Crippen LogP contribution >= 0.6 is 0 Å². The molecule has 86 valence electrons. The van der Waals surface area contributed by atoms with Crippen LogP contribution in [-0.2, 0) is 4.79 Å². The van der Waals surface area contributed by atoms with Gasteiger partial charge in [-0.25, -0.2) is 0 Å². The first kappa shape index (κ1) is 14.4. The highest BCUT2D eigenvalue weighted by atomic mass is 16.4. The van der Waals surface area contributed by atoms with Gasteiger partial charge in [0.25, 0.3) is 0 Å². The van der Waals surface area contributed by atoms with Crippen molar-refractivity contribution >= 4 is 24.2 Å². The van der Waals surface area contributed by atoms with E-state index in [1.54, 1.807) is 12.1 Å². The van der Waals surface area contributed by atoms with E-state index in [2.05, 4.69) is 11.9 Å². The molecule has 0 heterocycles. The number of benzene rings is 1. The normalized spacial score (nSPS) is 8.50. The molecule has 0 aliphatic heterocycles. The second kappa shape index (κ2) is 7.67. The van der Waals surface area contributed by atoms with Crippen LogP contribution in [0, 0.1) is 0 Å². The van der Waals surface area contributed by atoms with Gasteiger partial charge in [0.05, 0.1) is 0 Å². The second-order valence-corrected chi connectivity index (χ2v) is 2.69. The highest BCUT2D eigenvalue weighted by Crippen LogP contribution is 2.03. The number of carbonyl (C=O) groups excluding carboxylic acids is 1. The van der Waals surface area contributed by atoms with Crippen LogP contribution in [-0.4, -0.2) is 23.1 Å². The van der Waals surface area contributed by atoms with Crippen molar-refractivity contribution in [2.75, 3.05) is 5.32 Å². The first-order valence-corrected chi connectivity index (χ1v) is 5.03. The number of amides is 1. The summed E-state index contributed by atoms with van der Waals surface area (Å²) in [4.78, 5) is 10.9. The van der Waals surface area contributed by atoms with Gasteiger partial charge in [-0.15, -0.1) is 0 Å². The molecule has 0 fully saturated rings. The van der Waals surface area contributed by atoms with Crippen molar-refractivity contribution in [3.8, 4) is 0 Å². The maximum absolute atomic E-state index is 10.9. The van der Waals surface area contributed by atoms with Gasteiger partial charge in [-0.05, 0) is 23.7 Å². The summed E-state index contributed by atoms with van der Waals surface area (Å²) in [7, 11) is -1.49. The van der Waals surface area contributed by atoms with Gasteiger partial charge in [-0.3, -0.25) is 4.79 Å². The molecule has 0 saturated carbocycles. The second-order valence-electron chi connectivity index (χ2n) is 2.69. The molecule has 0 aliphatic rings. The van der Waals surface area contributed by atoms with Gasteiger partial charge >= 0.3 is 7.12 Å². The van der Waals surface area contributed by atoms with E-state index >= 15 is 0 Å². The molecule has 3 N–H and O–H groups in total. The van der Waals surface area contributed by atoms with Gasteiger partial charge < -0.3 is 15.4 Å². The Labute approximate surface area is 95.8 Å². The molecule has 16 heavy (non-hydrogen) atoms. The standard InChI is InChI=1S/C9H10BNO3.C2H6/c1-2-9(12)11-8-5-3-7(4-6-8)10(13)14;1-2/h2-6,13-14H,1H2,(H,11,12);1-2H3. The molecule has 0 bridgehead atoms. The monoisotopic (exact) mass is 221 g/mol. The van der Waals surface area contributed by atoms with E-state index in [1.807, 2.05) is 13.8 Å². The van der Waals surface area contributed by atoms with Crippen LogP contribution in [0.3, 0.4) is 0 Å². The lowest BCUT2D eigenvalue weighted by molar-refractivity contribution is -0.111. The van der Waals surface area contributed by atoms with Crippen molar-refractivity contribution in [2.24, 2.45) is 0 Å². The zero-order valence-corrected chi connectivity index (χ0v) is 9.47. The molecule has 4 nitrogen and oxygen atoms in total. The molecule has 1 amide bonds. The number of carbonyl (C=O) groups is 1. The average molecular weight is 221 g/mol. The van der Waals surface area contributed by atoms with E-state index < -0.39 is 7.12 Å². The number of rotatable bonds is 3. The minimum Gasteiger partial charge on any atom is -0.423 e. The van der Waals surface area contributed by atoms with Gasteiger partial charge in [0.2, 0.25) is 5.91 Å². The quantitative estimate of drug-likeness (QED) is 0.514. The van der Waals surface area contributed by atoms with E-state index in [0.717, 1.165) is 6.08 Å². The molecular formula is C11H16BNO3. The zero-order chi connectivity index (χ0) is 12.6. The Bertz CT molecular complexity index is 336. The molecule has 5 heteroatoms. The predicted octanol–water partition coefficient (Wildman–Crippen LogP) is 0.517. The molecule has 0 saturated heterocycles. The largest absolute Gasteiger partial charge is 0.488 e. The van der Waals surface area contributed by atoms with Crippen LogP contribution in [0.2, 0.25) is 0 Å². The Morgan fingerprint density at radius 2 is 1.81 bits per heavy atom. The van der Waals surface area contributed by atoms with Crippen LogP contribution in [0.25, 0.3) is 0 Å². The third-order valence-corrected chi connectivity index (χ3v) is 1.66.